The Kier molecular flexibility index (Phi) is 2.98. The molecule has 0 aliphatic carbocycles. The van der Waals surface area contributed by atoms with Crippen LogP contribution in [0, 0.1) is 5.41 Å². The molecule has 2 aliphatic rings. The third-order valence-corrected chi connectivity index (χ3v) is 3.28. The lowest BCUT2D eigenvalue weighted by Gasteiger charge is -2.32. The Labute approximate surface area is 91.0 Å². The van der Waals surface area contributed by atoms with E-state index in [1.807, 2.05) is 18.7 Å². The monoisotopic (exact) mass is 212 g/mol. The number of hydrogen-bond donors (Lipinski definition) is 1. The Hall–Kier alpha value is -0.610. The van der Waals surface area contributed by atoms with Crippen molar-refractivity contribution in [1.29, 1.82) is 0 Å². The minimum Gasteiger partial charge on any atom is -0.379 e. The Balaban J connectivity index is 2.11. The van der Waals surface area contributed by atoms with Gasteiger partial charge in [0.15, 0.2) is 0 Å². The first-order valence-corrected chi connectivity index (χ1v) is 5.71. The molecule has 0 bridgehead atoms. The van der Waals surface area contributed by atoms with Crippen LogP contribution in [0.1, 0.15) is 20.3 Å². The lowest BCUT2D eigenvalue weighted by Crippen LogP contribution is -2.47. The molecule has 15 heavy (non-hydrogen) atoms. The van der Waals surface area contributed by atoms with Crippen LogP contribution in [0.15, 0.2) is 0 Å². The van der Waals surface area contributed by atoms with Crippen LogP contribution in [0.2, 0.25) is 0 Å². The molecule has 1 N–H and O–H groups in total. The maximum absolute atomic E-state index is 12.3. The second-order valence-electron chi connectivity index (χ2n) is 5.08. The summed E-state index contributed by atoms with van der Waals surface area (Å²) in [5.74, 6) is 0.267. The van der Waals surface area contributed by atoms with Crippen LogP contribution >= 0.6 is 0 Å². The van der Waals surface area contributed by atoms with Gasteiger partial charge in [0.1, 0.15) is 0 Å². The SMILES string of the molecule is CC1(C)CNCCN(C2CCOC2)C1=O. The molecule has 2 aliphatic heterocycles. The number of amides is 1. The van der Waals surface area contributed by atoms with Gasteiger partial charge in [-0.25, -0.2) is 0 Å². The van der Waals surface area contributed by atoms with E-state index >= 15 is 0 Å². The number of carbonyl (C=O) groups is 1. The molecule has 1 amide bonds. The zero-order chi connectivity index (χ0) is 10.9. The van der Waals surface area contributed by atoms with Gasteiger partial charge in [-0.3, -0.25) is 4.79 Å². The molecule has 0 spiro atoms. The molecule has 2 heterocycles. The second-order valence-corrected chi connectivity index (χ2v) is 5.08. The molecule has 2 rings (SSSR count). The van der Waals surface area contributed by atoms with Crippen LogP contribution in [-0.2, 0) is 9.53 Å². The number of nitrogens with zero attached hydrogens (tertiary/aromatic N) is 1. The van der Waals surface area contributed by atoms with Crippen LogP contribution in [0.5, 0.6) is 0 Å². The number of rotatable bonds is 1. The van der Waals surface area contributed by atoms with E-state index < -0.39 is 0 Å². The molecule has 4 nitrogen and oxygen atoms in total. The molecular weight excluding hydrogens is 192 g/mol. The third-order valence-electron chi connectivity index (χ3n) is 3.28. The zero-order valence-corrected chi connectivity index (χ0v) is 9.58. The van der Waals surface area contributed by atoms with Crippen molar-refractivity contribution in [3.05, 3.63) is 0 Å². The Bertz CT molecular complexity index is 247. The molecular formula is C11H20N2O2. The van der Waals surface area contributed by atoms with Crippen molar-refractivity contribution in [1.82, 2.24) is 10.2 Å². The van der Waals surface area contributed by atoms with Crippen LogP contribution in [0.25, 0.3) is 0 Å². The third kappa shape index (κ3) is 2.16. The molecule has 4 heteroatoms. The van der Waals surface area contributed by atoms with Crippen LogP contribution < -0.4 is 5.32 Å². The van der Waals surface area contributed by atoms with Gasteiger partial charge in [0.05, 0.1) is 18.1 Å². The fraction of sp³-hybridized carbons (Fsp3) is 0.909. The van der Waals surface area contributed by atoms with Crippen LogP contribution in [0.3, 0.4) is 0 Å². The van der Waals surface area contributed by atoms with E-state index in [1.54, 1.807) is 0 Å². The average Bonchev–Trinajstić information content (AvgIpc) is 2.66. The summed E-state index contributed by atoms with van der Waals surface area (Å²) >= 11 is 0. The minimum absolute atomic E-state index is 0.267. The summed E-state index contributed by atoms with van der Waals surface area (Å²) in [4.78, 5) is 14.3. The summed E-state index contributed by atoms with van der Waals surface area (Å²) < 4.78 is 5.35. The topological polar surface area (TPSA) is 41.6 Å². The van der Waals surface area contributed by atoms with Gasteiger partial charge in [0, 0.05) is 26.2 Å². The zero-order valence-electron chi connectivity index (χ0n) is 9.58. The normalized spacial score (nSPS) is 31.7. The van der Waals surface area contributed by atoms with Crippen molar-refractivity contribution in [3.63, 3.8) is 0 Å². The van der Waals surface area contributed by atoms with Crippen molar-refractivity contribution in [2.45, 2.75) is 26.3 Å². The molecule has 0 radical (unpaired) electrons. The van der Waals surface area contributed by atoms with E-state index in [-0.39, 0.29) is 11.3 Å². The highest BCUT2D eigenvalue weighted by Gasteiger charge is 2.37. The van der Waals surface area contributed by atoms with Crippen molar-refractivity contribution in [2.24, 2.45) is 5.41 Å². The van der Waals surface area contributed by atoms with Gasteiger partial charge >= 0.3 is 0 Å². The first-order valence-electron chi connectivity index (χ1n) is 5.71. The molecule has 2 fully saturated rings. The largest absolute Gasteiger partial charge is 0.379 e. The second kappa shape index (κ2) is 4.10. The smallest absolute Gasteiger partial charge is 0.229 e. The van der Waals surface area contributed by atoms with Crippen molar-refractivity contribution in [2.75, 3.05) is 32.8 Å². The fourth-order valence-electron chi connectivity index (χ4n) is 2.28. The predicted molar refractivity (Wildman–Crippen MR) is 57.6 cm³/mol. The summed E-state index contributed by atoms with van der Waals surface area (Å²) in [6.45, 7) is 8.01. The Morgan fingerprint density at radius 1 is 1.53 bits per heavy atom. The van der Waals surface area contributed by atoms with Crippen molar-refractivity contribution in [3.8, 4) is 0 Å². The standard InChI is InChI=1S/C11H20N2O2/c1-11(2)8-12-4-5-13(10(11)14)9-3-6-15-7-9/h9,12H,3-8H2,1-2H3. The Morgan fingerprint density at radius 2 is 2.33 bits per heavy atom. The first kappa shape index (κ1) is 10.9. The summed E-state index contributed by atoms with van der Waals surface area (Å²) in [5.41, 5.74) is -0.279. The molecule has 0 aromatic carbocycles. The van der Waals surface area contributed by atoms with Crippen LogP contribution in [-0.4, -0.2) is 49.7 Å². The van der Waals surface area contributed by atoms with Gasteiger partial charge in [0.2, 0.25) is 5.91 Å². The minimum atomic E-state index is -0.279. The van der Waals surface area contributed by atoms with Crippen molar-refractivity contribution < 1.29 is 9.53 Å². The van der Waals surface area contributed by atoms with E-state index in [9.17, 15) is 4.79 Å². The average molecular weight is 212 g/mol. The molecule has 0 saturated carbocycles. The fourth-order valence-corrected chi connectivity index (χ4v) is 2.28. The summed E-state index contributed by atoms with van der Waals surface area (Å²) in [6, 6.07) is 0.302. The van der Waals surface area contributed by atoms with E-state index in [1.165, 1.54) is 0 Å². The molecule has 2 saturated heterocycles. The highest BCUT2D eigenvalue weighted by atomic mass is 16.5. The Morgan fingerprint density at radius 3 is 3.00 bits per heavy atom. The first-order chi connectivity index (χ1) is 7.11. The van der Waals surface area contributed by atoms with Crippen molar-refractivity contribution >= 4 is 5.91 Å². The molecule has 1 atom stereocenters. The number of carbonyl (C=O) groups excluding carboxylic acids is 1. The molecule has 0 aromatic heterocycles. The maximum atomic E-state index is 12.3. The quantitative estimate of drug-likeness (QED) is 0.676. The molecule has 86 valence electrons. The summed E-state index contributed by atoms with van der Waals surface area (Å²) in [6.07, 6.45) is 0.988. The van der Waals surface area contributed by atoms with E-state index in [4.69, 9.17) is 4.74 Å². The van der Waals surface area contributed by atoms with Gasteiger partial charge in [-0.05, 0) is 20.3 Å². The highest BCUT2D eigenvalue weighted by Crippen LogP contribution is 2.23. The van der Waals surface area contributed by atoms with Gasteiger partial charge < -0.3 is 15.0 Å². The van der Waals surface area contributed by atoms with Gasteiger partial charge in [-0.15, -0.1) is 0 Å². The summed E-state index contributed by atoms with van der Waals surface area (Å²) in [5, 5.41) is 3.32. The lowest BCUT2D eigenvalue weighted by atomic mass is 9.91. The van der Waals surface area contributed by atoms with Crippen LogP contribution in [0.4, 0.5) is 0 Å². The lowest BCUT2D eigenvalue weighted by molar-refractivity contribution is -0.141. The van der Waals surface area contributed by atoms with E-state index in [0.717, 1.165) is 32.7 Å². The van der Waals surface area contributed by atoms with Gasteiger partial charge in [-0.1, -0.05) is 0 Å². The predicted octanol–water partition coefficient (Wildman–Crippen LogP) is 0.233. The molecule has 0 aromatic rings. The maximum Gasteiger partial charge on any atom is 0.229 e. The number of nitrogens with one attached hydrogen (secondary N) is 1. The van der Waals surface area contributed by atoms with Gasteiger partial charge in [-0.2, -0.15) is 0 Å². The van der Waals surface area contributed by atoms with E-state index in [2.05, 4.69) is 5.32 Å². The highest BCUT2D eigenvalue weighted by molar-refractivity contribution is 5.82. The van der Waals surface area contributed by atoms with Gasteiger partial charge in [0.25, 0.3) is 0 Å². The number of ether oxygens (including phenoxy) is 1. The summed E-state index contributed by atoms with van der Waals surface area (Å²) in [7, 11) is 0. The number of hydrogen-bond acceptors (Lipinski definition) is 3. The molecule has 1 unspecified atom stereocenters. The van der Waals surface area contributed by atoms with E-state index in [0.29, 0.717) is 12.6 Å².